The van der Waals surface area contributed by atoms with Crippen molar-refractivity contribution in [2.75, 3.05) is 17.7 Å². The zero-order chi connectivity index (χ0) is 14.4. The van der Waals surface area contributed by atoms with Crippen molar-refractivity contribution in [2.45, 2.75) is 6.92 Å². The first-order valence-electron chi connectivity index (χ1n) is 6.42. The molecule has 5 radical (unpaired) electrons. The van der Waals surface area contributed by atoms with E-state index in [0.717, 1.165) is 21.9 Å². The zero-order valence-electron chi connectivity index (χ0n) is 11.3. The van der Waals surface area contributed by atoms with E-state index in [4.69, 9.17) is 10.5 Å². The van der Waals surface area contributed by atoms with Gasteiger partial charge in [0, 0.05) is 0 Å². The summed E-state index contributed by atoms with van der Waals surface area (Å²) in [6, 6.07) is 7.69. The molecule has 20 heavy (non-hydrogen) atoms. The van der Waals surface area contributed by atoms with Crippen molar-refractivity contribution in [3.05, 3.63) is 67.6 Å². The van der Waals surface area contributed by atoms with Gasteiger partial charge in [0.25, 0.3) is 0 Å². The topological polar surface area (TPSA) is 47.3 Å². The number of hydrogen-bond donors (Lipinski definition) is 2. The quantitative estimate of drug-likeness (QED) is 0.794. The minimum absolute atomic E-state index is 0.626. The first-order chi connectivity index (χ1) is 9.70. The van der Waals surface area contributed by atoms with Crippen LogP contribution in [-0.4, -0.2) is 11.2 Å². The second kappa shape index (κ2) is 7.64. The standard InChI is InChI=1S/C16H17N2O.Cr/c1-2-19-12-11-15(13-7-3-4-8-13)18-16-10-6-5-9-14(16)17;/h3-11,18H,2,17H2,1H3;/b15-11-;. The molecule has 2 rings (SSSR count). The fraction of sp³-hybridized carbons (Fsp3) is 0.125. The average Bonchev–Trinajstić information content (AvgIpc) is 2.94. The van der Waals surface area contributed by atoms with Gasteiger partial charge in [-0.2, -0.15) is 0 Å². The van der Waals surface area contributed by atoms with Crippen molar-refractivity contribution in [1.82, 2.24) is 0 Å². The Morgan fingerprint density at radius 2 is 2.00 bits per heavy atom. The monoisotopic (exact) mass is 305 g/mol. The number of nitrogens with one attached hydrogen (secondary N) is 1. The van der Waals surface area contributed by atoms with Crippen LogP contribution in [0.4, 0.5) is 11.4 Å². The van der Waals surface area contributed by atoms with Crippen LogP contribution in [0.5, 0.6) is 0 Å². The van der Waals surface area contributed by atoms with Crippen molar-refractivity contribution in [1.29, 1.82) is 0 Å². The number of allylic oxidation sites excluding steroid dienone is 1. The Bertz CT molecular complexity index is 493. The van der Waals surface area contributed by atoms with E-state index in [2.05, 4.69) is 21.2 Å². The summed E-state index contributed by atoms with van der Waals surface area (Å²) < 4.78 is 6.19. The summed E-state index contributed by atoms with van der Waals surface area (Å²) in [7, 11) is 0. The number of hydrogen-bond acceptors (Lipinski definition) is 3. The molecule has 1 saturated carbocycles. The molecule has 103 valence electrons. The van der Waals surface area contributed by atoms with Crippen LogP contribution in [-0.2, 0) is 20.6 Å². The Morgan fingerprint density at radius 3 is 2.65 bits per heavy atom. The van der Waals surface area contributed by atoms with Crippen LogP contribution in [0.25, 0.3) is 0 Å². The molecular weight excluding hydrogens is 288 g/mol. The maximum atomic E-state index is 5.98. The molecular formula is C16H17CrN2O. The van der Waals surface area contributed by atoms with Crippen LogP contribution in [0.3, 0.4) is 0 Å². The molecule has 1 aliphatic carbocycles. The van der Waals surface area contributed by atoms with Gasteiger partial charge in [-0.05, 0) is 0 Å². The Kier molecular flexibility index (Phi) is 5.85. The molecule has 0 heterocycles. The van der Waals surface area contributed by atoms with Gasteiger partial charge in [0.1, 0.15) is 0 Å². The van der Waals surface area contributed by atoms with E-state index in [1.54, 1.807) is 0 Å². The summed E-state index contributed by atoms with van der Waals surface area (Å²) in [6.07, 6.45) is 10.0. The van der Waals surface area contributed by atoms with Gasteiger partial charge in [0.2, 0.25) is 0 Å². The summed E-state index contributed by atoms with van der Waals surface area (Å²) in [5.41, 5.74) is 8.51. The molecule has 0 spiro atoms. The molecule has 1 aliphatic rings. The van der Waals surface area contributed by atoms with Gasteiger partial charge in [-0.25, -0.2) is 0 Å². The second-order valence-corrected chi connectivity index (χ2v) is 4.82. The molecule has 0 aliphatic heterocycles. The molecule has 0 amide bonds. The van der Waals surface area contributed by atoms with Crippen molar-refractivity contribution in [3.63, 3.8) is 0 Å². The van der Waals surface area contributed by atoms with Crippen LogP contribution < -0.4 is 11.1 Å². The van der Waals surface area contributed by atoms with Gasteiger partial charge in [-0.15, -0.1) is 0 Å². The van der Waals surface area contributed by atoms with Crippen molar-refractivity contribution >= 4 is 15.9 Å². The molecule has 0 bridgehead atoms. The van der Waals surface area contributed by atoms with Crippen molar-refractivity contribution in [3.8, 4) is 0 Å². The summed E-state index contributed by atoms with van der Waals surface area (Å²) in [4.78, 5) is 0. The zero-order valence-corrected chi connectivity index (χ0v) is 12.6. The fourth-order valence-electron chi connectivity index (χ4n) is 1.80. The van der Waals surface area contributed by atoms with Crippen LogP contribution in [0, 0.1) is 31.6 Å². The Labute approximate surface area is 129 Å². The third-order valence-corrected chi connectivity index (χ3v) is 3.12. The first kappa shape index (κ1) is 15.3. The third kappa shape index (κ3) is 4.21. The normalized spacial score (nSPS) is 16.4. The van der Waals surface area contributed by atoms with E-state index in [0.29, 0.717) is 12.3 Å². The first-order valence-corrected chi connectivity index (χ1v) is 7.06. The fourth-order valence-corrected chi connectivity index (χ4v) is 2.17. The third-order valence-electron chi connectivity index (χ3n) is 2.75. The van der Waals surface area contributed by atoms with Gasteiger partial charge in [-0.1, -0.05) is 0 Å². The van der Waals surface area contributed by atoms with Crippen molar-refractivity contribution < 1.29 is 20.6 Å². The summed E-state index contributed by atoms with van der Waals surface area (Å²) >= 11 is 2.92. The van der Waals surface area contributed by atoms with Crippen LogP contribution >= 0.6 is 0 Å². The molecule has 1 aromatic carbocycles. The van der Waals surface area contributed by atoms with Crippen molar-refractivity contribution in [2.24, 2.45) is 0 Å². The summed E-state index contributed by atoms with van der Waals surface area (Å²) in [5, 5.41) is 3.35. The second-order valence-electron chi connectivity index (χ2n) is 4.20. The molecule has 1 fully saturated rings. The molecule has 0 unspecified atom stereocenters. The van der Waals surface area contributed by atoms with Gasteiger partial charge >= 0.3 is 129 Å². The summed E-state index contributed by atoms with van der Waals surface area (Å²) in [5.74, 6) is 1.08. The van der Waals surface area contributed by atoms with E-state index in [1.165, 1.54) is 0 Å². The molecule has 3 nitrogen and oxygen atoms in total. The molecule has 0 aromatic heterocycles. The number of ether oxygens (including phenoxy) is 1. The molecule has 0 atom stereocenters. The number of anilines is 2. The maximum absolute atomic E-state index is 5.98. The molecule has 0 saturated heterocycles. The van der Waals surface area contributed by atoms with E-state index >= 15 is 0 Å². The Balaban J connectivity index is 2.18. The van der Waals surface area contributed by atoms with Gasteiger partial charge < -0.3 is 0 Å². The number of nitrogens with two attached hydrogens (primary N) is 1. The average molecular weight is 305 g/mol. The SMILES string of the molecule is CCO[C](=[Cr])/C=C(\Nc1ccccc1N)[C]1[CH][CH][CH][CH]1. The van der Waals surface area contributed by atoms with E-state index in [9.17, 15) is 0 Å². The Morgan fingerprint density at radius 1 is 1.30 bits per heavy atom. The molecule has 4 heteroatoms. The predicted molar refractivity (Wildman–Crippen MR) is 79.6 cm³/mol. The van der Waals surface area contributed by atoms with Crippen LogP contribution in [0.1, 0.15) is 6.92 Å². The van der Waals surface area contributed by atoms with E-state index < -0.39 is 0 Å². The minimum atomic E-state index is 0.626. The number of para-hydroxylation sites is 2. The molecule has 3 N–H and O–H groups in total. The summed E-state index contributed by atoms with van der Waals surface area (Å²) in [6.45, 7) is 2.58. The van der Waals surface area contributed by atoms with Crippen LogP contribution in [0.2, 0.25) is 0 Å². The Hall–Kier alpha value is -1.08. The predicted octanol–water partition coefficient (Wildman–Crippen LogP) is 2.68. The number of rotatable bonds is 6. The number of nitrogen functional groups attached to an aromatic ring is 1. The van der Waals surface area contributed by atoms with E-state index in [-0.39, 0.29) is 0 Å². The van der Waals surface area contributed by atoms with Gasteiger partial charge in [-0.3, -0.25) is 0 Å². The van der Waals surface area contributed by atoms with Gasteiger partial charge in [0.15, 0.2) is 0 Å². The van der Waals surface area contributed by atoms with Gasteiger partial charge in [0.05, 0.1) is 0 Å². The van der Waals surface area contributed by atoms with Crippen LogP contribution in [0.15, 0.2) is 36.0 Å². The van der Waals surface area contributed by atoms with E-state index in [1.807, 2.05) is 62.9 Å². The molecule has 1 aromatic rings. The number of benzene rings is 1.